The number of likely N-dealkylation sites (N-methyl/N-ethyl adjacent to an activating group) is 1. The van der Waals surface area contributed by atoms with Gasteiger partial charge in [0.25, 0.3) is 0 Å². The number of nitrogens with one attached hydrogen (secondary N) is 1. The smallest absolute Gasteiger partial charge is 0.242 e. The van der Waals surface area contributed by atoms with Gasteiger partial charge >= 0.3 is 0 Å². The molecule has 21 heavy (non-hydrogen) atoms. The molecule has 1 N–H and O–H groups in total. The highest BCUT2D eigenvalue weighted by atomic mass is 16.2. The highest BCUT2D eigenvalue weighted by molar-refractivity contribution is 5.87. The van der Waals surface area contributed by atoms with E-state index >= 15 is 0 Å². The van der Waals surface area contributed by atoms with Crippen LogP contribution in [0.15, 0.2) is 24.3 Å². The van der Waals surface area contributed by atoms with Gasteiger partial charge in [0.15, 0.2) is 0 Å². The predicted octanol–water partition coefficient (Wildman–Crippen LogP) is 2.65. The van der Waals surface area contributed by atoms with Crippen LogP contribution in [0.5, 0.6) is 0 Å². The minimum Gasteiger partial charge on any atom is -0.357 e. The Labute approximate surface area is 127 Å². The van der Waals surface area contributed by atoms with Crippen LogP contribution in [-0.2, 0) is 16.1 Å². The molecule has 1 rings (SSSR count). The molecule has 1 aromatic rings. The van der Waals surface area contributed by atoms with E-state index in [0.29, 0.717) is 19.4 Å². The number of hydrogen-bond acceptors (Lipinski definition) is 2. The molecule has 0 unspecified atom stereocenters. The number of rotatable bonds is 7. The topological polar surface area (TPSA) is 49.4 Å². The summed E-state index contributed by atoms with van der Waals surface area (Å²) in [6, 6.07) is 7.57. The molecule has 0 aliphatic heterocycles. The number of hydrogen-bond donors (Lipinski definition) is 1. The van der Waals surface area contributed by atoms with Gasteiger partial charge < -0.3 is 10.2 Å². The van der Waals surface area contributed by atoms with Crippen molar-refractivity contribution in [2.24, 2.45) is 0 Å². The summed E-state index contributed by atoms with van der Waals surface area (Å²) in [5.74, 6) is -0.0632. The van der Waals surface area contributed by atoms with Gasteiger partial charge in [0.2, 0.25) is 11.8 Å². The van der Waals surface area contributed by atoms with Crippen molar-refractivity contribution in [3.05, 3.63) is 35.4 Å². The third-order valence-corrected chi connectivity index (χ3v) is 3.70. The fourth-order valence-corrected chi connectivity index (χ4v) is 2.41. The molecule has 0 bridgehead atoms. The molecular weight excluding hydrogens is 264 g/mol. The van der Waals surface area contributed by atoms with E-state index in [1.807, 2.05) is 45.0 Å². The van der Waals surface area contributed by atoms with Crippen LogP contribution in [0, 0.1) is 6.92 Å². The molecule has 1 atom stereocenters. The second-order valence-electron chi connectivity index (χ2n) is 5.24. The zero-order chi connectivity index (χ0) is 15.8. The maximum absolute atomic E-state index is 12.4. The van der Waals surface area contributed by atoms with Gasteiger partial charge in [0, 0.05) is 20.0 Å². The van der Waals surface area contributed by atoms with Crippen molar-refractivity contribution in [3.63, 3.8) is 0 Å². The molecule has 4 heteroatoms. The van der Waals surface area contributed by atoms with E-state index in [2.05, 4.69) is 5.32 Å². The van der Waals surface area contributed by atoms with Gasteiger partial charge in [-0.3, -0.25) is 9.59 Å². The number of carbonyl (C=O) groups is 2. The number of amides is 2. The van der Waals surface area contributed by atoms with Crippen LogP contribution in [0.2, 0.25) is 0 Å². The fraction of sp³-hybridized carbons (Fsp3) is 0.529. The molecule has 2 amide bonds. The van der Waals surface area contributed by atoms with Crippen molar-refractivity contribution in [1.29, 1.82) is 0 Å². The Kier molecular flexibility index (Phi) is 6.92. The van der Waals surface area contributed by atoms with Gasteiger partial charge in [-0.1, -0.05) is 38.1 Å². The Morgan fingerprint density at radius 1 is 1.24 bits per heavy atom. The zero-order valence-electron chi connectivity index (χ0n) is 13.5. The van der Waals surface area contributed by atoms with E-state index in [4.69, 9.17) is 0 Å². The van der Waals surface area contributed by atoms with Crippen molar-refractivity contribution in [2.45, 2.75) is 52.6 Å². The summed E-state index contributed by atoms with van der Waals surface area (Å²) in [4.78, 5) is 26.2. The van der Waals surface area contributed by atoms with Crippen molar-refractivity contribution >= 4 is 11.8 Å². The maximum atomic E-state index is 12.4. The third-order valence-electron chi connectivity index (χ3n) is 3.70. The summed E-state index contributed by atoms with van der Waals surface area (Å²) in [6.07, 6.45) is 1.87. The predicted molar refractivity (Wildman–Crippen MR) is 84.8 cm³/mol. The van der Waals surface area contributed by atoms with E-state index in [1.54, 1.807) is 11.9 Å². The quantitative estimate of drug-likeness (QED) is 0.839. The summed E-state index contributed by atoms with van der Waals surface area (Å²) in [6.45, 7) is 6.42. The third kappa shape index (κ3) is 4.59. The number of nitrogens with zero attached hydrogens (tertiary/aromatic N) is 1. The van der Waals surface area contributed by atoms with E-state index in [0.717, 1.165) is 17.5 Å². The first-order chi connectivity index (χ1) is 10.0. The molecule has 4 nitrogen and oxygen atoms in total. The highest BCUT2D eigenvalue weighted by Crippen LogP contribution is 2.16. The largest absolute Gasteiger partial charge is 0.357 e. The van der Waals surface area contributed by atoms with Crippen molar-refractivity contribution in [1.82, 2.24) is 10.2 Å². The first-order valence-corrected chi connectivity index (χ1v) is 7.60. The van der Waals surface area contributed by atoms with E-state index < -0.39 is 6.04 Å². The van der Waals surface area contributed by atoms with Gasteiger partial charge in [-0.15, -0.1) is 0 Å². The van der Waals surface area contributed by atoms with Crippen LogP contribution in [-0.4, -0.2) is 29.8 Å². The van der Waals surface area contributed by atoms with Crippen molar-refractivity contribution in [3.8, 4) is 0 Å². The Morgan fingerprint density at radius 3 is 2.43 bits per heavy atom. The maximum Gasteiger partial charge on any atom is 0.242 e. The molecule has 0 fully saturated rings. The van der Waals surface area contributed by atoms with Gasteiger partial charge in [0.05, 0.1) is 0 Å². The summed E-state index contributed by atoms with van der Waals surface area (Å²) < 4.78 is 0. The summed E-state index contributed by atoms with van der Waals surface area (Å²) in [5, 5.41) is 2.66. The second-order valence-corrected chi connectivity index (χ2v) is 5.24. The van der Waals surface area contributed by atoms with Crippen molar-refractivity contribution in [2.75, 3.05) is 7.05 Å². The lowest BCUT2D eigenvalue weighted by atomic mass is 10.1. The minimum absolute atomic E-state index is 0.0382. The molecular formula is C17H26N2O2. The van der Waals surface area contributed by atoms with Crippen LogP contribution in [0.25, 0.3) is 0 Å². The first kappa shape index (κ1) is 17.2. The average Bonchev–Trinajstić information content (AvgIpc) is 2.48. The molecule has 0 saturated carbocycles. The fourth-order valence-electron chi connectivity index (χ4n) is 2.41. The van der Waals surface area contributed by atoms with Crippen LogP contribution >= 0.6 is 0 Å². The van der Waals surface area contributed by atoms with Crippen LogP contribution in [0.4, 0.5) is 0 Å². The molecule has 116 valence electrons. The molecule has 1 aromatic carbocycles. The molecule has 0 aromatic heterocycles. The van der Waals surface area contributed by atoms with Gasteiger partial charge in [-0.25, -0.2) is 0 Å². The molecule has 0 saturated heterocycles. The number of benzene rings is 1. The lowest BCUT2D eigenvalue weighted by Gasteiger charge is -2.30. The minimum atomic E-state index is -0.409. The lowest BCUT2D eigenvalue weighted by molar-refractivity contribution is -0.141. The highest BCUT2D eigenvalue weighted by Gasteiger charge is 2.27. The Morgan fingerprint density at radius 2 is 1.90 bits per heavy atom. The van der Waals surface area contributed by atoms with Gasteiger partial charge in [0.1, 0.15) is 6.04 Å². The molecule has 0 radical (unpaired) electrons. The van der Waals surface area contributed by atoms with Crippen molar-refractivity contribution < 1.29 is 9.59 Å². The van der Waals surface area contributed by atoms with E-state index in [-0.39, 0.29) is 11.8 Å². The summed E-state index contributed by atoms with van der Waals surface area (Å²) in [5.41, 5.74) is 2.22. The normalized spacial score (nSPS) is 11.8. The van der Waals surface area contributed by atoms with Gasteiger partial charge in [-0.05, 0) is 30.9 Å². The monoisotopic (exact) mass is 290 g/mol. The molecule has 0 aliphatic rings. The Hall–Kier alpha value is -1.84. The summed E-state index contributed by atoms with van der Waals surface area (Å²) >= 11 is 0. The first-order valence-electron chi connectivity index (χ1n) is 7.60. The van der Waals surface area contributed by atoms with E-state index in [1.165, 1.54) is 0 Å². The molecule has 0 aliphatic carbocycles. The Bertz CT molecular complexity index is 485. The SMILES string of the molecule is CCCC(=O)N(Cc1ccccc1C)[C@H](CC)C(=O)NC. The zero-order valence-corrected chi connectivity index (χ0v) is 13.5. The second kappa shape index (κ2) is 8.45. The van der Waals surface area contributed by atoms with Crippen LogP contribution < -0.4 is 5.32 Å². The lowest BCUT2D eigenvalue weighted by Crippen LogP contribution is -2.48. The molecule has 0 spiro atoms. The van der Waals surface area contributed by atoms with Crippen LogP contribution in [0.1, 0.15) is 44.2 Å². The Balaban J connectivity index is 3.04. The van der Waals surface area contributed by atoms with E-state index in [9.17, 15) is 9.59 Å². The standard InChI is InChI=1S/C17H26N2O2/c1-5-9-16(20)19(15(6-2)17(21)18-4)12-14-11-8-7-10-13(14)3/h7-8,10-11,15H,5-6,9,12H2,1-4H3,(H,18,21)/t15-/m1/s1. The molecule has 0 heterocycles. The van der Waals surface area contributed by atoms with Gasteiger partial charge in [-0.2, -0.15) is 0 Å². The average molecular weight is 290 g/mol. The van der Waals surface area contributed by atoms with Crippen LogP contribution in [0.3, 0.4) is 0 Å². The number of aryl methyl sites for hydroxylation is 1. The summed E-state index contributed by atoms with van der Waals surface area (Å²) in [7, 11) is 1.61. The number of carbonyl (C=O) groups excluding carboxylic acids is 2.